The molecule has 0 radical (unpaired) electrons. The summed E-state index contributed by atoms with van der Waals surface area (Å²) < 4.78 is 6.52. The van der Waals surface area contributed by atoms with Gasteiger partial charge in [0.15, 0.2) is 0 Å². The molecule has 2 aliphatic carbocycles. The van der Waals surface area contributed by atoms with Gasteiger partial charge in [0, 0.05) is 5.56 Å². The van der Waals surface area contributed by atoms with E-state index < -0.39 is 0 Å². The lowest BCUT2D eigenvalue weighted by molar-refractivity contribution is 0.105. The number of hydrogen-bond donors (Lipinski definition) is 0. The average Bonchev–Trinajstić information content (AvgIpc) is 3.16. The molecule has 0 aromatic heterocycles. The molecule has 2 saturated carbocycles. The van der Waals surface area contributed by atoms with E-state index in [1.54, 1.807) is 0 Å². The first-order valence-electron chi connectivity index (χ1n) is 9.03. The zero-order valence-electron chi connectivity index (χ0n) is 14.1. The van der Waals surface area contributed by atoms with Crippen LogP contribution >= 0.6 is 0 Å². The van der Waals surface area contributed by atoms with Crippen LogP contribution in [-0.2, 0) is 0 Å². The lowest BCUT2D eigenvalue weighted by Gasteiger charge is -2.31. The van der Waals surface area contributed by atoms with E-state index in [-0.39, 0.29) is 0 Å². The van der Waals surface area contributed by atoms with E-state index in [1.165, 1.54) is 30.4 Å². The number of hydrogen-bond acceptors (Lipinski definition) is 1. The maximum absolute atomic E-state index is 6.52. The Balaban J connectivity index is 1.53. The van der Waals surface area contributed by atoms with Gasteiger partial charge in [-0.1, -0.05) is 62.4 Å². The minimum absolute atomic E-state index is 0.417. The first kappa shape index (κ1) is 14.8. The van der Waals surface area contributed by atoms with Crippen molar-refractivity contribution in [1.29, 1.82) is 0 Å². The van der Waals surface area contributed by atoms with E-state index in [9.17, 15) is 0 Å². The minimum Gasteiger partial charge on any atom is -0.489 e. The third-order valence-corrected chi connectivity index (χ3v) is 5.95. The Kier molecular flexibility index (Phi) is 3.88. The van der Waals surface area contributed by atoms with Crippen LogP contribution in [0.5, 0.6) is 5.75 Å². The number of rotatable bonds is 4. The molecule has 1 heteroatoms. The number of para-hydroxylation sites is 1. The van der Waals surface area contributed by atoms with Gasteiger partial charge in [-0.3, -0.25) is 0 Å². The van der Waals surface area contributed by atoms with E-state index >= 15 is 0 Å². The second-order valence-electron chi connectivity index (χ2n) is 7.65. The highest BCUT2D eigenvalue weighted by molar-refractivity contribution is 5.70. The van der Waals surface area contributed by atoms with Crippen molar-refractivity contribution in [3.8, 4) is 16.9 Å². The summed E-state index contributed by atoms with van der Waals surface area (Å²) >= 11 is 0. The molecule has 0 amide bonds. The molecular formula is C22H26O. The third-order valence-electron chi connectivity index (χ3n) is 5.95. The number of benzene rings is 2. The molecule has 2 aromatic carbocycles. The van der Waals surface area contributed by atoms with Crippen LogP contribution in [-0.4, -0.2) is 6.10 Å². The molecule has 4 atom stereocenters. The predicted octanol–water partition coefficient (Wildman–Crippen LogP) is 5.80. The first-order valence-corrected chi connectivity index (χ1v) is 9.03. The summed E-state index contributed by atoms with van der Waals surface area (Å²) in [5.41, 5.74) is 2.46. The molecule has 2 aromatic rings. The van der Waals surface area contributed by atoms with Gasteiger partial charge in [0.1, 0.15) is 11.9 Å². The van der Waals surface area contributed by atoms with Gasteiger partial charge < -0.3 is 4.74 Å². The Labute approximate surface area is 139 Å². The molecule has 0 heterocycles. The van der Waals surface area contributed by atoms with E-state index in [0.29, 0.717) is 6.10 Å². The van der Waals surface area contributed by atoms with Crippen molar-refractivity contribution in [1.82, 2.24) is 0 Å². The zero-order valence-corrected chi connectivity index (χ0v) is 14.1. The Morgan fingerprint density at radius 1 is 0.826 bits per heavy atom. The Morgan fingerprint density at radius 2 is 1.57 bits per heavy atom. The van der Waals surface area contributed by atoms with Gasteiger partial charge in [0.25, 0.3) is 0 Å². The van der Waals surface area contributed by atoms with E-state index in [2.05, 4.69) is 68.4 Å². The lowest BCUT2D eigenvalue weighted by atomic mass is 9.80. The van der Waals surface area contributed by atoms with Gasteiger partial charge in [-0.25, -0.2) is 0 Å². The molecule has 1 nitrogen and oxygen atoms in total. The number of fused-ring (bicyclic) bond motifs is 2. The molecule has 0 spiro atoms. The molecule has 120 valence electrons. The Bertz CT molecular complexity index is 661. The standard InChI is InChI=1S/C22H26O/c1-15(2)20-13-18-12-17(20)14-22(18)23-21-11-7-6-10-19(21)16-8-4-3-5-9-16/h3-11,15,17-18,20,22H,12-14H2,1-2H3. The van der Waals surface area contributed by atoms with E-state index in [1.807, 2.05) is 0 Å². The van der Waals surface area contributed by atoms with Crippen LogP contribution in [0.3, 0.4) is 0 Å². The fourth-order valence-electron chi connectivity index (χ4n) is 4.82. The smallest absolute Gasteiger partial charge is 0.127 e. The highest BCUT2D eigenvalue weighted by Crippen LogP contribution is 2.52. The van der Waals surface area contributed by atoms with Gasteiger partial charge >= 0.3 is 0 Å². The summed E-state index contributed by atoms with van der Waals surface area (Å²) in [6.07, 6.45) is 4.40. The average molecular weight is 306 g/mol. The van der Waals surface area contributed by atoms with Crippen LogP contribution in [0, 0.1) is 23.7 Å². The minimum atomic E-state index is 0.417. The molecule has 2 aliphatic rings. The van der Waals surface area contributed by atoms with Crippen molar-refractivity contribution < 1.29 is 4.74 Å². The van der Waals surface area contributed by atoms with Gasteiger partial charge in [-0.2, -0.15) is 0 Å². The molecule has 4 unspecified atom stereocenters. The molecule has 23 heavy (non-hydrogen) atoms. The van der Waals surface area contributed by atoms with Crippen molar-refractivity contribution in [2.45, 2.75) is 39.2 Å². The topological polar surface area (TPSA) is 9.23 Å². The molecule has 0 aliphatic heterocycles. The summed E-state index contributed by atoms with van der Waals surface area (Å²) in [6.45, 7) is 4.76. The second-order valence-corrected chi connectivity index (χ2v) is 7.65. The van der Waals surface area contributed by atoms with E-state index in [0.717, 1.165) is 29.4 Å². The normalized spacial score (nSPS) is 29.2. The molecular weight excluding hydrogens is 280 g/mol. The quantitative estimate of drug-likeness (QED) is 0.693. The van der Waals surface area contributed by atoms with Crippen LogP contribution in [0.15, 0.2) is 54.6 Å². The fourth-order valence-corrected chi connectivity index (χ4v) is 4.82. The van der Waals surface area contributed by atoms with Crippen LogP contribution in [0.25, 0.3) is 11.1 Å². The fraction of sp³-hybridized carbons (Fsp3) is 0.455. The summed E-state index contributed by atoms with van der Waals surface area (Å²) in [6, 6.07) is 19.1. The van der Waals surface area contributed by atoms with Crippen molar-refractivity contribution >= 4 is 0 Å². The maximum Gasteiger partial charge on any atom is 0.127 e. The molecule has 0 N–H and O–H groups in total. The second kappa shape index (κ2) is 6.03. The SMILES string of the molecule is CC(C)C1CC2CC1CC2Oc1ccccc1-c1ccccc1. The lowest BCUT2D eigenvalue weighted by Crippen LogP contribution is -2.29. The largest absolute Gasteiger partial charge is 0.489 e. The Morgan fingerprint density at radius 3 is 2.26 bits per heavy atom. The third kappa shape index (κ3) is 2.78. The van der Waals surface area contributed by atoms with E-state index in [4.69, 9.17) is 4.74 Å². The van der Waals surface area contributed by atoms with Crippen molar-refractivity contribution in [2.75, 3.05) is 0 Å². The van der Waals surface area contributed by atoms with Gasteiger partial charge in [0.2, 0.25) is 0 Å². The van der Waals surface area contributed by atoms with Crippen LogP contribution in [0.2, 0.25) is 0 Å². The molecule has 0 saturated heterocycles. The summed E-state index contributed by atoms with van der Waals surface area (Å²) in [5.74, 6) is 4.44. The maximum atomic E-state index is 6.52. The van der Waals surface area contributed by atoms with Crippen molar-refractivity contribution in [3.05, 3.63) is 54.6 Å². The highest BCUT2D eigenvalue weighted by atomic mass is 16.5. The first-order chi connectivity index (χ1) is 11.2. The predicted molar refractivity (Wildman–Crippen MR) is 95.5 cm³/mol. The monoisotopic (exact) mass is 306 g/mol. The Hall–Kier alpha value is -1.76. The van der Waals surface area contributed by atoms with Gasteiger partial charge in [-0.15, -0.1) is 0 Å². The summed E-state index contributed by atoms with van der Waals surface area (Å²) in [7, 11) is 0. The zero-order chi connectivity index (χ0) is 15.8. The molecule has 2 fully saturated rings. The highest BCUT2D eigenvalue weighted by Gasteiger charge is 2.47. The molecule has 2 bridgehead atoms. The van der Waals surface area contributed by atoms with Gasteiger partial charge in [-0.05, 0) is 54.6 Å². The van der Waals surface area contributed by atoms with Crippen molar-refractivity contribution in [3.63, 3.8) is 0 Å². The summed E-state index contributed by atoms with van der Waals surface area (Å²) in [5, 5.41) is 0. The van der Waals surface area contributed by atoms with Gasteiger partial charge in [0.05, 0.1) is 0 Å². The number of ether oxygens (including phenoxy) is 1. The van der Waals surface area contributed by atoms with Crippen LogP contribution < -0.4 is 4.74 Å². The van der Waals surface area contributed by atoms with Crippen molar-refractivity contribution in [2.24, 2.45) is 23.7 Å². The summed E-state index contributed by atoms with van der Waals surface area (Å²) in [4.78, 5) is 0. The van der Waals surface area contributed by atoms with Crippen LogP contribution in [0.1, 0.15) is 33.1 Å². The molecule has 4 rings (SSSR count). The van der Waals surface area contributed by atoms with Crippen LogP contribution in [0.4, 0.5) is 0 Å².